The maximum absolute atomic E-state index is 14.9. The molecule has 3 fully saturated rings. The zero-order valence-corrected chi connectivity index (χ0v) is 31.8. The number of nitrogens with zero attached hydrogens (tertiary/aromatic N) is 2. The molecule has 2 aliphatic heterocycles. The van der Waals surface area contributed by atoms with E-state index in [1.54, 1.807) is 19.3 Å². The monoisotopic (exact) mass is 780 g/mol. The molecule has 0 unspecified atom stereocenters. The second-order valence-corrected chi connectivity index (χ2v) is 17.4. The number of fused-ring (bicyclic) bond motifs is 4. The van der Waals surface area contributed by atoms with Crippen molar-refractivity contribution in [1.82, 2.24) is 30.2 Å². The van der Waals surface area contributed by atoms with E-state index in [0.717, 1.165) is 32.8 Å². The van der Waals surface area contributed by atoms with Gasteiger partial charge in [0.1, 0.15) is 23.2 Å². The molecule has 1 saturated heterocycles. The average Bonchev–Trinajstić information content (AvgIpc) is 4.09. The van der Waals surface area contributed by atoms with E-state index in [2.05, 4.69) is 31.9 Å². The summed E-state index contributed by atoms with van der Waals surface area (Å²) in [6.45, 7) is 5.62. The third-order valence-electron chi connectivity index (χ3n) is 11.2. The molecule has 0 radical (unpaired) electrons. The molecular formula is C41H44N6O8S. The van der Waals surface area contributed by atoms with Crippen LogP contribution in [-0.2, 0) is 35.6 Å². The van der Waals surface area contributed by atoms with E-state index in [1.165, 1.54) is 11.0 Å². The van der Waals surface area contributed by atoms with Crippen LogP contribution in [0, 0.1) is 5.92 Å². The van der Waals surface area contributed by atoms with Crippen molar-refractivity contribution in [2.75, 3.05) is 13.2 Å². The Hall–Kier alpha value is -5.70. The predicted octanol–water partition coefficient (Wildman–Crippen LogP) is 4.27. The Morgan fingerprint density at radius 1 is 1.11 bits per heavy atom. The molecule has 56 heavy (non-hydrogen) atoms. The molecule has 14 nitrogen and oxygen atoms in total. The molecule has 4 amide bonds. The number of carbonyl (C=O) groups excluding carboxylic acids is 4. The van der Waals surface area contributed by atoms with Gasteiger partial charge in [-0.1, -0.05) is 48.6 Å². The zero-order valence-electron chi connectivity index (χ0n) is 31.0. The Kier molecular flexibility index (Phi) is 9.59. The fourth-order valence-corrected chi connectivity index (χ4v) is 9.24. The van der Waals surface area contributed by atoms with E-state index in [4.69, 9.17) is 9.47 Å². The van der Waals surface area contributed by atoms with E-state index in [9.17, 15) is 27.6 Å². The van der Waals surface area contributed by atoms with Crippen molar-refractivity contribution >= 4 is 61.6 Å². The number of amides is 4. The first-order valence-electron chi connectivity index (χ1n) is 18.9. The van der Waals surface area contributed by atoms with E-state index in [0.29, 0.717) is 31.6 Å². The molecule has 15 heteroatoms. The minimum atomic E-state index is -3.92. The first-order chi connectivity index (χ1) is 26.9. The maximum atomic E-state index is 14.9. The van der Waals surface area contributed by atoms with Crippen molar-refractivity contribution in [1.29, 1.82) is 0 Å². The minimum absolute atomic E-state index is 0.0106. The standard InChI is InChI=1S/C41H44N6O8S/c1-3-28-21-41(28,38(50)46-56(52,53)29-14-15-29)45-35(48)34-22-40(2)24-47(34)37(49)33(20-27-23-43-32-11-7-6-10-30(27)32)44-39(51)54-18-8-4-5-9-25-12-13-26-16-17-42-36(55-40)31(26)19-25/h3,5-7,9-13,16-17,19,23,28-29,33-34,43H,1,4,8,14-15,18,20-22,24H2,2H3,(H,44,51)(H,45,48)(H,46,50)/b9-5+/t28-,33+,34+,40-,41-/m1/s1. The number of H-pyrrole nitrogens is 1. The van der Waals surface area contributed by atoms with Crippen LogP contribution in [0.1, 0.15) is 56.6 Å². The quantitative estimate of drug-likeness (QED) is 0.189. The molecule has 4 bridgehead atoms. The van der Waals surface area contributed by atoms with Gasteiger partial charge in [0.2, 0.25) is 27.7 Å². The molecule has 2 aliphatic carbocycles. The third-order valence-corrected chi connectivity index (χ3v) is 13.0. The number of sulfonamides is 1. The number of para-hydroxylation sites is 1. The number of pyridine rings is 1. The van der Waals surface area contributed by atoms with Crippen LogP contribution in [0.4, 0.5) is 4.79 Å². The first kappa shape index (κ1) is 37.2. The summed E-state index contributed by atoms with van der Waals surface area (Å²) in [5.74, 6) is -2.30. The van der Waals surface area contributed by atoms with E-state index in [1.807, 2.05) is 60.7 Å². The number of ether oxygens (including phenoxy) is 2. The van der Waals surface area contributed by atoms with Crippen LogP contribution in [0.15, 0.2) is 79.7 Å². The Bertz CT molecular complexity index is 2390. The van der Waals surface area contributed by atoms with Gasteiger partial charge >= 0.3 is 6.09 Å². The minimum Gasteiger partial charge on any atom is -0.469 e. The van der Waals surface area contributed by atoms with Crippen molar-refractivity contribution in [3.05, 3.63) is 90.8 Å². The smallest absolute Gasteiger partial charge is 0.407 e. The van der Waals surface area contributed by atoms with Gasteiger partial charge in [0.15, 0.2) is 0 Å². The van der Waals surface area contributed by atoms with E-state index < -0.39 is 68.2 Å². The number of hydrogen-bond donors (Lipinski definition) is 4. The summed E-state index contributed by atoms with van der Waals surface area (Å²) in [4.78, 5) is 65.5. The van der Waals surface area contributed by atoms with Crippen LogP contribution in [0.2, 0.25) is 0 Å². The molecule has 4 aromatic rings. The molecule has 0 spiro atoms. The van der Waals surface area contributed by atoms with Gasteiger partial charge in [-0.25, -0.2) is 18.2 Å². The Morgan fingerprint density at radius 2 is 1.93 bits per heavy atom. The van der Waals surface area contributed by atoms with Gasteiger partial charge in [-0.05, 0) is 73.7 Å². The lowest BCUT2D eigenvalue weighted by molar-refractivity contribution is -0.141. The molecule has 2 aromatic carbocycles. The Balaban J connectivity index is 1.16. The molecule has 5 atom stereocenters. The molecule has 4 heterocycles. The van der Waals surface area contributed by atoms with Crippen LogP contribution in [0.3, 0.4) is 0 Å². The number of rotatable bonds is 8. The van der Waals surface area contributed by atoms with Crippen molar-refractivity contribution in [2.45, 2.75) is 80.3 Å². The van der Waals surface area contributed by atoms with Crippen molar-refractivity contribution < 1.29 is 37.1 Å². The Labute approximate surface area is 324 Å². The number of cyclic esters (lactones) is 1. The van der Waals surface area contributed by atoms with Gasteiger partial charge < -0.3 is 30.0 Å². The summed E-state index contributed by atoms with van der Waals surface area (Å²) in [7, 11) is -3.92. The molecular weight excluding hydrogens is 737 g/mol. The van der Waals surface area contributed by atoms with Crippen LogP contribution in [-0.4, -0.2) is 88.7 Å². The summed E-state index contributed by atoms with van der Waals surface area (Å²) in [6.07, 6.45) is 10.4. The summed E-state index contributed by atoms with van der Waals surface area (Å²) in [5, 5.41) is 7.45. The number of aromatic nitrogens is 2. The number of alkyl carbamates (subject to hydrolysis) is 1. The lowest BCUT2D eigenvalue weighted by atomic mass is 10.0. The highest BCUT2D eigenvalue weighted by molar-refractivity contribution is 7.91. The second-order valence-electron chi connectivity index (χ2n) is 15.5. The summed E-state index contributed by atoms with van der Waals surface area (Å²) in [6, 6.07) is 13.0. The lowest BCUT2D eigenvalue weighted by Gasteiger charge is -2.30. The van der Waals surface area contributed by atoms with E-state index in [-0.39, 0.29) is 32.4 Å². The molecule has 4 aliphatic rings. The van der Waals surface area contributed by atoms with Crippen LogP contribution >= 0.6 is 0 Å². The highest BCUT2D eigenvalue weighted by atomic mass is 32.2. The van der Waals surface area contributed by atoms with Gasteiger partial charge in [0, 0.05) is 47.4 Å². The molecule has 292 valence electrons. The average molecular weight is 781 g/mol. The summed E-state index contributed by atoms with van der Waals surface area (Å²) in [5.41, 5.74) is -0.220. The van der Waals surface area contributed by atoms with Crippen LogP contribution < -0.4 is 20.1 Å². The Morgan fingerprint density at radius 3 is 2.71 bits per heavy atom. The zero-order chi connectivity index (χ0) is 39.2. The van der Waals surface area contributed by atoms with Gasteiger partial charge in [-0.2, -0.15) is 0 Å². The van der Waals surface area contributed by atoms with Gasteiger partial charge in [0.05, 0.1) is 18.4 Å². The number of nitrogens with one attached hydrogen (secondary N) is 4. The second kappa shape index (κ2) is 14.4. The first-order valence-corrected chi connectivity index (χ1v) is 20.5. The van der Waals surface area contributed by atoms with Crippen molar-refractivity contribution in [3.8, 4) is 5.88 Å². The molecule has 4 N–H and O–H groups in total. The van der Waals surface area contributed by atoms with Crippen LogP contribution in [0.5, 0.6) is 5.88 Å². The van der Waals surface area contributed by atoms with Crippen LogP contribution in [0.25, 0.3) is 27.8 Å². The molecule has 2 saturated carbocycles. The lowest BCUT2D eigenvalue weighted by Crippen LogP contribution is -2.58. The van der Waals surface area contributed by atoms with Gasteiger partial charge in [-0.15, -0.1) is 6.58 Å². The largest absolute Gasteiger partial charge is 0.469 e. The third kappa shape index (κ3) is 7.34. The number of aromatic amines is 1. The van der Waals surface area contributed by atoms with Crippen molar-refractivity contribution in [3.63, 3.8) is 0 Å². The number of allylic oxidation sites excluding steroid dienone is 1. The molecule has 2 aromatic heterocycles. The normalized spacial score (nSPS) is 27.4. The fourth-order valence-electron chi connectivity index (χ4n) is 7.88. The summed E-state index contributed by atoms with van der Waals surface area (Å²) >= 11 is 0. The van der Waals surface area contributed by atoms with Gasteiger partial charge in [-0.3, -0.25) is 19.1 Å². The maximum Gasteiger partial charge on any atom is 0.407 e. The SMILES string of the molecule is C=C[C@@H]1C[C@]1(NC(=O)[C@@H]1C[C@]2(C)CN1C(=O)[C@H](Cc1c[nH]c3ccccc13)NC(=O)OCCC/C=C/c1ccc3ccnc(c3c1)O2)C(=O)NS(=O)(=O)C1CC1. The number of hydrogen-bond acceptors (Lipinski definition) is 9. The van der Waals surface area contributed by atoms with E-state index >= 15 is 0 Å². The highest BCUT2D eigenvalue weighted by Gasteiger charge is 2.62. The van der Waals surface area contributed by atoms with Gasteiger partial charge in [0.25, 0.3) is 5.91 Å². The molecule has 8 rings (SSSR count). The summed E-state index contributed by atoms with van der Waals surface area (Å²) < 4.78 is 40.0. The fraction of sp³-hybridized carbons (Fsp3) is 0.390. The van der Waals surface area contributed by atoms with Crippen molar-refractivity contribution in [2.24, 2.45) is 5.92 Å². The number of benzene rings is 2. The number of carbonyl (C=O) groups is 4. The predicted molar refractivity (Wildman–Crippen MR) is 209 cm³/mol. The topological polar surface area (TPSA) is 189 Å². The highest BCUT2D eigenvalue weighted by Crippen LogP contribution is 2.46.